The highest BCUT2D eigenvalue weighted by atomic mass is 32.1. The third-order valence-electron chi connectivity index (χ3n) is 7.47. The summed E-state index contributed by atoms with van der Waals surface area (Å²) in [7, 11) is 0. The van der Waals surface area contributed by atoms with Crippen molar-refractivity contribution in [3.05, 3.63) is 120 Å². The van der Waals surface area contributed by atoms with Crippen molar-refractivity contribution in [2.45, 2.75) is 18.5 Å². The Balaban J connectivity index is 1.29. The van der Waals surface area contributed by atoms with Crippen LogP contribution in [0.15, 0.2) is 102 Å². The number of hydrogen-bond donors (Lipinski definition) is 4. The fourth-order valence-electron chi connectivity index (χ4n) is 5.41. The lowest BCUT2D eigenvalue weighted by Gasteiger charge is -2.26. The third-order valence-corrected chi connectivity index (χ3v) is 7.82. The average Bonchev–Trinajstić information content (AvgIpc) is 3.65. The molecule has 1 saturated heterocycles. The number of amides is 1. The van der Waals surface area contributed by atoms with Crippen molar-refractivity contribution in [1.29, 1.82) is 0 Å². The molecule has 5 aromatic rings. The summed E-state index contributed by atoms with van der Waals surface area (Å²) >= 11 is 5.71. The number of thiocarbonyl (C=S) groups is 1. The van der Waals surface area contributed by atoms with Crippen LogP contribution in [0.3, 0.4) is 0 Å². The van der Waals surface area contributed by atoms with Gasteiger partial charge in [0, 0.05) is 35.8 Å². The zero-order valence-corrected chi connectivity index (χ0v) is 24.0. The molecular weight excluding hydrogens is 580 g/mol. The molecular formula is C33H26N4O6S. The number of pyridine rings is 1. The van der Waals surface area contributed by atoms with Crippen LogP contribution >= 0.6 is 12.2 Å². The number of nitrogens with one attached hydrogen (secondary N) is 2. The number of hydrogen-bond acceptors (Lipinski definition) is 6. The molecule has 2 atom stereocenters. The standard InChI is InChI=1S/C33H26N4O6S/c38-28(35-24-10-5-7-19-6-1-2-8-23(19)24)13-15-37-30(29(36-33(37)44)25-9-3-4-14-34-25)27-12-11-26(43-27)20-16-21(31(39)40)18-22(17-20)32(41)42/h1-12,14,16-18,29-30H,13,15H2,(H,35,38)(H,36,44)(H,39,40)(H,41,42). The van der Waals surface area contributed by atoms with Crippen LogP contribution in [-0.2, 0) is 4.79 Å². The second-order valence-electron chi connectivity index (χ2n) is 10.3. The molecule has 10 nitrogen and oxygen atoms in total. The van der Waals surface area contributed by atoms with E-state index in [0.29, 0.717) is 22.1 Å². The lowest BCUT2D eigenvalue weighted by Crippen LogP contribution is -2.32. The Morgan fingerprint density at radius 2 is 1.64 bits per heavy atom. The number of anilines is 1. The summed E-state index contributed by atoms with van der Waals surface area (Å²) in [6.45, 7) is 0.268. The van der Waals surface area contributed by atoms with Crippen molar-refractivity contribution in [3.63, 3.8) is 0 Å². The first kappa shape index (κ1) is 28.6. The molecule has 0 bridgehead atoms. The van der Waals surface area contributed by atoms with Crippen molar-refractivity contribution in [1.82, 2.24) is 15.2 Å². The third kappa shape index (κ3) is 5.72. The molecule has 1 aliphatic heterocycles. The monoisotopic (exact) mass is 606 g/mol. The predicted molar refractivity (Wildman–Crippen MR) is 167 cm³/mol. The van der Waals surface area contributed by atoms with Gasteiger partial charge in [0.05, 0.1) is 22.9 Å². The highest BCUT2D eigenvalue weighted by Gasteiger charge is 2.41. The van der Waals surface area contributed by atoms with Gasteiger partial charge in [-0.25, -0.2) is 9.59 Å². The van der Waals surface area contributed by atoms with Gasteiger partial charge in [0.1, 0.15) is 17.6 Å². The summed E-state index contributed by atoms with van der Waals surface area (Å²) in [6.07, 6.45) is 1.81. The lowest BCUT2D eigenvalue weighted by molar-refractivity contribution is -0.116. The molecule has 3 heterocycles. The molecule has 3 aromatic carbocycles. The van der Waals surface area contributed by atoms with Crippen molar-refractivity contribution in [2.75, 3.05) is 11.9 Å². The van der Waals surface area contributed by atoms with E-state index in [2.05, 4.69) is 15.6 Å². The Bertz CT molecular complexity index is 1870. The van der Waals surface area contributed by atoms with Gasteiger partial charge in [0.25, 0.3) is 0 Å². The van der Waals surface area contributed by atoms with Crippen LogP contribution in [0, 0.1) is 0 Å². The first-order chi connectivity index (χ1) is 21.3. The number of carbonyl (C=O) groups is 3. The van der Waals surface area contributed by atoms with Gasteiger partial charge in [-0.15, -0.1) is 0 Å². The Hall–Kier alpha value is -5.55. The molecule has 2 unspecified atom stereocenters. The molecule has 4 N–H and O–H groups in total. The molecule has 2 aromatic heterocycles. The van der Waals surface area contributed by atoms with E-state index in [-0.39, 0.29) is 35.8 Å². The maximum absolute atomic E-state index is 13.1. The molecule has 6 rings (SSSR count). The molecule has 220 valence electrons. The van der Waals surface area contributed by atoms with Crippen molar-refractivity contribution in [3.8, 4) is 11.3 Å². The first-order valence-corrected chi connectivity index (χ1v) is 14.2. The summed E-state index contributed by atoms with van der Waals surface area (Å²) < 4.78 is 6.25. The molecule has 1 amide bonds. The van der Waals surface area contributed by atoms with Crippen LogP contribution in [0.25, 0.3) is 22.1 Å². The van der Waals surface area contributed by atoms with Gasteiger partial charge in [0.15, 0.2) is 5.11 Å². The number of carbonyl (C=O) groups excluding carboxylic acids is 1. The molecule has 11 heteroatoms. The number of furan rings is 1. The number of aromatic nitrogens is 1. The van der Waals surface area contributed by atoms with E-state index < -0.39 is 24.0 Å². The maximum atomic E-state index is 13.1. The number of aromatic carboxylic acids is 2. The second kappa shape index (κ2) is 12.0. The molecule has 44 heavy (non-hydrogen) atoms. The van der Waals surface area contributed by atoms with E-state index >= 15 is 0 Å². The van der Waals surface area contributed by atoms with E-state index in [1.807, 2.05) is 65.6 Å². The van der Waals surface area contributed by atoms with Crippen LogP contribution in [0.1, 0.15) is 50.7 Å². The highest BCUT2D eigenvalue weighted by molar-refractivity contribution is 7.80. The summed E-state index contributed by atoms with van der Waals surface area (Å²) in [4.78, 5) is 42.9. The Labute approximate surface area is 257 Å². The molecule has 0 spiro atoms. The summed E-state index contributed by atoms with van der Waals surface area (Å²) in [5, 5.41) is 27.7. The number of fused-ring (bicyclic) bond motifs is 1. The summed E-state index contributed by atoms with van der Waals surface area (Å²) in [6, 6.07) is 25.4. The normalized spacial score (nSPS) is 16.1. The molecule has 0 saturated carbocycles. The fraction of sp³-hybridized carbons (Fsp3) is 0.121. The zero-order chi connectivity index (χ0) is 30.8. The molecule has 0 aliphatic carbocycles. The Kier molecular flexibility index (Phi) is 7.78. The number of rotatable bonds is 9. The Morgan fingerprint density at radius 3 is 2.36 bits per heavy atom. The number of carboxylic acid groups (broad SMARTS) is 2. The van der Waals surface area contributed by atoms with Gasteiger partial charge in [-0.05, 0) is 66.1 Å². The minimum Gasteiger partial charge on any atom is -0.478 e. The minimum absolute atomic E-state index is 0.132. The van der Waals surface area contributed by atoms with Gasteiger partial charge in [-0.3, -0.25) is 9.78 Å². The largest absolute Gasteiger partial charge is 0.478 e. The van der Waals surface area contributed by atoms with Gasteiger partial charge in [-0.2, -0.15) is 0 Å². The average molecular weight is 607 g/mol. The number of carboxylic acids is 2. The van der Waals surface area contributed by atoms with E-state index in [9.17, 15) is 24.6 Å². The number of nitrogens with zero attached hydrogens (tertiary/aromatic N) is 2. The summed E-state index contributed by atoms with van der Waals surface area (Å²) in [5.41, 5.74) is 1.38. The predicted octanol–water partition coefficient (Wildman–Crippen LogP) is 5.89. The lowest BCUT2D eigenvalue weighted by atomic mass is 10.0. The van der Waals surface area contributed by atoms with Gasteiger partial charge >= 0.3 is 11.9 Å². The second-order valence-corrected chi connectivity index (χ2v) is 10.6. The van der Waals surface area contributed by atoms with Gasteiger partial charge < -0.3 is 30.2 Å². The van der Waals surface area contributed by atoms with E-state index in [1.54, 1.807) is 18.3 Å². The van der Waals surface area contributed by atoms with Crippen molar-refractivity contribution >= 4 is 51.6 Å². The van der Waals surface area contributed by atoms with Gasteiger partial charge in [-0.1, -0.05) is 42.5 Å². The molecule has 0 radical (unpaired) electrons. The van der Waals surface area contributed by atoms with Crippen molar-refractivity contribution < 1.29 is 29.0 Å². The first-order valence-electron chi connectivity index (χ1n) is 13.8. The van der Waals surface area contributed by atoms with Crippen LogP contribution in [0.5, 0.6) is 0 Å². The molecule has 1 fully saturated rings. The Morgan fingerprint density at radius 1 is 0.909 bits per heavy atom. The quantitative estimate of drug-likeness (QED) is 0.150. The van der Waals surface area contributed by atoms with Gasteiger partial charge in [0.2, 0.25) is 5.91 Å². The topological polar surface area (TPSA) is 145 Å². The van der Waals surface area contributed by atoms with Crippen LogP contribution in [0.2, 0.25) is 0 Å². The maximum Gasteiger partial charge on any atom is 0.335 e. The van der Waals surface area contributed by atoms with Crippen LogP contribution < -0.4 is 10.6 Å². The van der Waals surface area contributed by atoms with Crippen LogP contribution in [0.4, 0.5) is 5.69 Å². The van der Waals surface area contributed by atoms with Crippen molar-refractivity contribution in [2.24, 2.45) is 0 Å². The summed E-state index contributed by atoms with van der Waals surface area (Å²) in [5.74, 6) is -1.92. The highest BCUT2D eigenvalue weighted by Crippen LogP contribution is 2.40. The minimum atomic E-state index is -1.25. The zero-order valence-electron chi connectivity index (χ0n) is 23.1. The SMILES string of the molecule is O=C(CCN1C(=S)NC(c2ccccn2)C1c1ccc(-c2cc(C(=O)O)cc(C(=O)O)c2)o1)Nc1cccc2ccccc12. The fourth-order valence-corrected chi connectivity index (χ4v) is 5.74. The smallest absolute Gasteiger partial charge is 0.335 e. The molecule has 1 aliphatic rings. The van der Waals surface area contributed by atoms with E-state index in [1.165, 1.54) is 12.1 Å². The van der Waals surface area contributed by atoms with E-state index in [4.69, 9.17) is 16.6 Å². The van der Waals surface area contributed by atoms with E-state index in [0.717, 1.165) is 22.5 Å². The number of benzene rings is 3. The van der Waals surface area contributed by atoms with Crippen LogP contribution in [-0.4, -0.2) is 49.6 Å².